The molecule has 1 heterocycles. The average molecular weight is 551 g/mol. The molecule has 5 N–H and O–H groups in total. The Balaban J connectivity index is 1.65. The minimum atomic E-state index is -1.36. The van der Waals surface area contributed by atoms with Gasteiger partial charge in [0.15, 0.2) is 0 Å². The number of benzene rings is 2. The second-order valence-corrected chi connectivity index (χ2v) is 10.8. The Hall–Kier alpha value is -3.24. The van der Waals surface area contributed by atoms with Gasteiger partial charge in [0.25, 0.3) is 0 Å². The molecule has 2 aromatic carbocycles. The molecule has 6 atom stereocenters. The number of nitrogens with one attached hydrogen (secondary N) is 3. The van der Waals surface area contributed by atoms with Gasteiger partial charge in [-0.3, -0.25) is 14.9 Å². The molecule has 0 aromatic heterocycles. The molecule has 2 amide bonds. The zero-order valence-corrected chi connectivity index (χ0v) is 23.5. The maximum absolute atomic E-state index is 13.7. The van der Waals surface area contributed by atoms with Gasteiger partial charge in [-0.2, -0.15) is 0 Å². The molecule has 0 spiro atoms. The number of aliphatic hydroxyl groups is 2. The van der Waals surface area contributed by atoms with Gasteiger partial charge < -0.3 is 30.5 Å². The predicted molar refractivity (Wildman–Crippen MR) is 155 cm³/mol. The zero-order chi connectivity index (χ0) is 28.6. The first-order valence-corrected chi connectivity index (χ1v) is 14.1. The molecule has 0 bridgehead atoms. The lowest BCUT2D eigenvalue weighted by Crippen LogP contribution is -2.62. The highest BCUT2D eigenvalue weighted by Crippen LogP contribution is 2.34. The number of hydrogen-bond donors (Lipinski definition) is 5. The third kappa shape index (κ3) is 7.48. The molecule has 9 heteroatoms. The molecule has 1 fully saturated rings. The third-order valence-electron chi connectivity index (χ3n) is 7.76. The number of ether oxygens (including phenoxy) is 1. The van der Waals surface area contributed by atoms with Crippen LogP contribution < -0.4 is 20.7 Å². The van der Waals surface area contributed by atoms with E-state index in [9.17, 15) is 19.8 Å². The van der Waals surface area contributed by atoms with Crippen molar-refractivity contribution in [1.82, 2.24) is 20.9 Å². The smallest absolute Gasteiger partial charge is 0.240 e. The van der Waals surface area contributed by atoms with Crippen molar-refractivity contribution in [2.45, 2.75) is 63.1 Å². The van der Waals surface area contributed by atoms with Gasteiger partial charge >= 0.3 is 0 Å². The number of hydrogen-bond acceptors (Lipinski definition) is 7. The number of carbonyl (C=O) groups excluding carboxylic acids is 2. The van der Waals surface area contributed by atoms with E-state index in [0.717, 1.165) is 24.0 Å². The van der Waals surface area contributed by atoms with Crippen LogP contribution in [0.2, 0.25) is 0 Å². The highest BCUT2D eigenvalue weighted by Gasteiger charge is 2.42. The summed E-state index contributed by atoms with van der Waals surface area (Å²) in [6, 6.07) is 15.0. The summed E-state index contributed by atoms with van der Waals surface area (Å²) in [6.45, 7) is 4.55. The van der Waals surface area contributed by atoms with Gasteiger partial charge in [0.1, 0.15) is 18.6 Å². The van der Waals surface area contributed by atoms with Crippen LogP contribution in [0.1, 0.15) is 43.7 Å². The number of carbonyl (C=O) groups is 2. The van der Waals surface area contributed by atoms with Crippen molar-refractivity contribution in [3.63, 3.8) is 0 Å². The van der Waals surface area contributed by atoms with E-state index in [1.807, 2.05) is 73.7 Å². The normalized spacial score (nSPS) is 27.8. The molecular weight excluding hydrogens is 508 g/mol. The standard InChI is InChI=1S/C31H42N4O5/c1-20(22-10-5-4-6-11-22)26-29(37)33-17-9-13-23-12-7-8-14-25(23)40-19-18-32-27(24-15-16-24)31(39)35(3)28(21(2)36)30(38)34-26/h4-14,20-21,24,26-28,30,32,34,36,38H,15-19H2,1-3H3,(H,33,37)/b13-9+/t20?,21?,26-,27+,28+,30?/m1/s1. The fourth-order valence-electron chi connectivity index (χ4n) is 5.31. The van der Waals surface area contributed by atoms with Crippen LogP contribution in [0.3, 0.4) is 0 Å². The first kappa shape index (κ1) is 29.7. The van der Waals surface area contributed by atoms with Gasteiger partial charge in [-0.15, -0.1) is 0 Å². The number of rotatable bonds is 4. The first-order valence-electron chi connectivity index (χ1n) is 14.1. The van der Waals surface area contributed by atoms with Crippen LogP contribution in [0.15, 0.2) is 60.7 Å². The van der Waals surface area contributed by atoms with Crippen molar-refractivity contribution in [3.8, 4) is 5.75 Å². The molecule has 1 saturated carbocycles. The Morgan fingerprint density at radius 1 is 1.02 bits per heavy atom. The lowest BCUT2D eigenvalue weighted by atomic mass is 9.92. The Bertz CT molecular complexity index is 1150. The van der Waals surface area contributed by atoms with Gasteiger partial charge in [-0.25, -0.2) is 0 Å². The van der Waals surface area contributed by atoms with Crippen molar-refractivity contribution in [1.29, 1.82) is 0 Å². The maximum atomic E-state index is 13.7. The van der Waals surface area contributed by atoms with Crippen LogP contribution in [0, 0.1) is 5.92 Å². The largest absolute Gasteiger partial charge is 0.492 e. The second kappa shape index (κ2) is 13.9. The van der Waals surface area contributed by atoms with Crippen LogP contribution in [0.4, 0.5) is 0 Å². The molecule has 2 aliphatic rings. The second-order valence-electron chi connectivity index (χ2n) is 10.8. The Labute approximate surface area is 236 Å². The molecule has 9 nitrogen and oxygen atoms in total. The highest BCUT2D eigenvalue weighted by molar-refractivity contribution is 5.84. The number of fused-ring (bicyclic) bond motifs is 1. The molecule has 0 radical (unpaired) electrons. The monoisotopic (exact) mass is 550 g/mol. The maximum Gasteiger partial charge on any atom is 0.240 e. The summed E-state index contributed by atoms with van der Waals surface area (Å²) >= 11 is 0. The summed E-state index contributed by atoms with van der Waals surface area (Å²) in [5.74, 6) is 0.0783. The molecule has 2 aromatic rings. The van der Waals surface area contributed by atoms with E-state index < -0.39 is 30.5 Å². The van der Waals surface area contributed by atoms with Gasteiger partial charge in [-0.05, 0) is 37.3 Å². The minimum absolute atomic E-state index is 0.187. The van der Waals surface area contributed by atoms with Gasteiger partial charge in [0.2, 0.25) is 11.8 Å². The Kier molecular flexibility index (Phi) is 10.3. The van der Waals surface area contributed by atoms with Crippen LogP contribution >= 0.6 is 0 Å². The molecule has 4 rings (SSSR count). The quantitative estimate of drug-likeness (QED) is 0.394. The van der Waals surface area contributed by atoms with Crippen LogP contribution in [-0.2, 0) is 9.59 Å². The van der Waals surface area contributed by atoms with E-state index in [1.165, 1.54) is 11.8 Å². The predicted octanol–water partition coefficient (Wildman–Crippen LogP) is 1.86. The van der Waals surface area contributed by atoms with Gasteiger partial charge in [-0.1, -0.05) is 67.6 Å². The number of aliphatic hydroxyl groups excluding tert-OH is 2. The highest BCUT2D eigenvalue weighted by atomic mass is 16.5. The van der Waals surface area contributed by atoms with Gasteiger partial charge in [0, 0.05) is 31.6 Å². The van der Waals surface area contributed by atoms with Crippen molar-refractivity contribution >= 4 is 17.9 Å². The summed E-state index contributed by atoms with van der Waals surface area (Å²) < 4.78 is 6.02. The van der Waals surface area contributed by atoms with E-state index >= 15 is 0 Å². The lowest BCUT2D eigenvalue weighted by Gasteiger charge is -2.38. The molecule has 1 aliphatic carbocycles. The summed E-state index contributed by atoms with van der Waals surface area (Å²) in [6.07, 6.45) is 3.21. The van der Waals surface area contributed by atoms with Crippen molar-refractivity contribution in [2.75, 3.05) is 26.7 Å². The number of para-hydroxylation sites is 1. The zero-order valence-electron chi connectivity index (χ0n) is 23.5. The molecule has 40 heavy (non-hydrogen) atoms. The fourth-order valence-corrected chi connectivity index (χ4v) is 5.31. The molecule has 0 saturated heterocycles. The summed E-state index contributed by atoms with van der Waals surface area (Å²) in [5.41, 5.74) is 1.80. The SMILES string of the molecule is CC(O)[C@H]1C(O)N[C@H](C(C)c2ccccc2)C(=O)NC/C=C/c2ccccc2OCCN[C@@H](C2CC2)C(=O)N1C. The van der Waals surface area contributed by atoms with E-state index in [4.69, 9.17) is 4.74 Å². The topological polar surface area (TPSA) is 123 Å². The number of nitrogens with zero attached hydrogens (tertiary/aromatic N) is 1. The Morgan fingerprint density at radius 2 is 1.73 bits per heavy atom. The fraction of sp³-hybridized carbons (Fsp3) is 0.484. The van der Waals surface area contributed by atoms with E-state index in [1.54, 1.807) is 7.05 Å². The molecule has 216 valence electrons. The third-order valence-corrected chi connectivity index (χ3v) is 7.76. The summed E-state index contributed by atoms with van der Waals surface area (Å²) in [7, 11) is 1.59. The lowest BCUT2D eigenvalue weighted by molar-refractivity contribution is -0.142. The first-order chi connectivity index (χ1) is 19.3. The number of likely N-dealkylation sites (N-methyl/N-ethyl adjacent to an activating group) is 1. The van der Waals surface area contributed by atoms with E-state index in [0.29, 0.717) is 18.9 Å². The van der Waals surface area contributed by atoms with Crippen LogP contribution in [0.5, 0.6) is 5.75 Å². The van der Waals surface area contributed by atoms with Crippen LogP contribution in [0.25, 0.3) is 6.08 Å². The van der Waals surface area contributed by atoms with Crippen molar-refractivity contribution in [3.05, 3.63) is 71.8 Å². The van der Waals surface area contributed by atoms with Gasteiger partial charge in [0.05, 0.1) is 24.2 Å². The summed E-state index contributed by atoms with van der Waals surface area (Å²) in [4.78, 5) is 28.6. The van der Waals surface area contributed by atoms with E-state index in [2.05, 4.69) is 16.0 Å². The molecular formula is C31H42N4O5. The van der Waals surface area contributed by atoms with E-state index in [-0.39, 0.29) is 30.2 Å². The van der Waals surface area contributed by atoms with Crippen LogP contribution in [-0.4, -0.2) is 84.1 Å². The average Bonchev–Trinajstić information content (AvgIpc) is 3.79. The molecule has 1 aliphatic heterocycles. The summed E-state index contributed by atoms with van der Waals surface area (Å²) in [5, 5.41) is 31.4. The minimum Gasteiger partial charge on any atom is -0.492 e. The Morgan fingerprint density at radius 3 is 2.42 bits per heavy atom. The van der Waals surface area contributed by atoms with Crippen molar-refractivity contribution < 1.29 is 24.5 Å². The molecule has 3 unspecified atom stereocenters. The number of amides is 2. The van der Waals surface area contributed by atoms with Crippen molar-refractivity contribution in [2.24, 2.45) is 5.92 Å².